The number of halogens is 2. The summed E-state index contributed by atoms with van der Waals surface area (Å²) < 4.78 is 7.31. The molecule has 2 rings (SSSR count). The number of alkyl halides is 1. The molecular weight excluding hydrogens is 305 g/mol. The Kier molecular flexibility index (Phi) is 4.39. The third-order valence-corrected chi connectivity index (χ3v) is 2.95. The largest absolute Gasteiger partial charge is 0.492 e. The number of aromatic nitrogens is 3. The summed E-state index contributed by atoms with van der Waals surface area (Å²) in [4.78, 5) is 0. The van der Waals surface area contributed by atoms with Gasteiger partial charge in [0.1, 0.15) is 12.4 Å². The minimum Gasteiger partial charge on any atom is -0.492 e. The van der Waals surface area contributed by atoms with Crippen molar-refractivity contribution in [2.45, 2.75) is 11.9 Å². The number of hydrogen-bond acceptors (Lipinski definition) is 3. The smallest absolute Gasteiger partial charge is 0.119 e. The van der Waals surface area contributed by atoms with Gasteiger partial charge in [0.25, 0.3) is 0 Å². The Balaban J connectivity index is 1.81. The van der Waals surface area contributed by atoms with E-state index in [1.165, 1.54) is 0 Å². The molecule has 0 saturated heterocycles. The first kappa shape index (κ1) is 12.4. The van der Waals surface area contributed by atoms with Gasteiger partial charge in [0.2, 0.25) is 0 Å². The number of hydrogen-bond donors (Lipinski definition) is 0. The summed E-state index contributed by atoms with van der Waals surface area (Å²) in [6.45, 7) is 1.22. The maximum Gasteiger partial charge on any atom is 0.119 e. The molecule has 0 aliphatic heterocycles. The molecule has 1 aromatic heterocycles. The first-order valence-corrected chi connectivity index (χ1v) is 6.61. The number of ether oxygens (including phenoxy) is 1. The molecule has 17 heavy (non-hydrogen) atoms. The van der Waals surface area contributed by atoms with Crippen LogP contribution in [-0.4, -0.2) is 21.6 Å². The van der Waals surface area contributed by atoms with E-state index in [0.717, 1.165) is 11.4 Å². The predicted octanol–water partition coefficient (Wildman–Crippen LogP) is 2.91. The van der Waals surface area contributed by atoms with Gasteiger partial charge in [-0.3, -0.25) is 0 Å². The molecule has 0 radical (unpaired) electrons. The highest BCUT2D eigenvalue weighted by Gasteiger charge is 1.99. The molecule has 0 N–H and O–H groups in total. The van der Waals surface area contributed by atoms with Gasteiger partial charge in [-0.05, 0) is 24.3 Å². The van der Waals surface area contributed by atoms with Crippen molar-refractivity contribution in [3.8, 4) is 5.75 Å². The number of nitrogens with zero attached hydrogens (tertiary/aromatic N) is 3. The molecule has 0 atom stereocenters. The maximum atomic E-state index is 5.78. The average Bonchev–Trinajstić information content (AvgIpc) is 2.80. The van der Waals surface area contributed by atoms with Crippen molar-refractivity contribution in [3.05, 3.63) is 41.2 Å². The molecule has 1 aromatic carbocycles. The van der Waals surface area contributed by atoms with E-state index < -0.39 is 0 Å². The zero-order valence-electron chi connectivity index (χ0n) is 9.01. The van der Waals surface area contributed by atoms with Crippen LogP contribution in [0, 0.1) is 0 Å². The van der Waals surface area contributed by atoms with Crippen LogP contribution in [0.2, 0.25) is 5.02 Å². The zero-order chi connectivity index (χ0) is 12.1. The van der Waals surface area contributed by atoms with Crippen LogP contribution in [0.1, 0.15) is 5.69 Å². The van der Waals surface area contributed by atoms with Crippen LogP contribution in [-0.2, 0) is 11.9 Å². The number of benzene rings is 1. The summed E-state index contributed by atoms with van der Waals surface area (Å²) in [5.41, 5.74) is 0.913. The lowest BCUT2D eigenvalue weighted by Gasteiger charge is -2.05. The molecule has 0 fully saturated rings. The second-order valence-corrected chi connectivity index (χ2v) is 4.41. The van der Waals surface area contributed by atoms with Gasteiger partial charge in [-0.2, -0.15) is 0 Å². The summed E-state index contributed by atoms with van der Waals surface area (Å²) in [5.74, 6) is 0.801. The molecule has 1 heterocycles. The Labute approximate surface area is 113 Å². The monoisotopic (exact) mass is 315 g/mol. The third-order valence-electron chi connectivity index (χ3n) is 2.13. The van der Waals surface area contributed by atoms with Crippen LogP contribution in [0.3, 0.4) is 0 Å². The molecule has 0 unspecified atom stereocenters. The van der Waals surface area contributed by atoms with Crippen LogP contribution >= 0.6 is 27.5 Å². The van der Waals surface area contributed by atoms with E-state index in [1.807, 2.05) is 18.3 Å². The molecule has 0 aliphatic rings. The standard InChI is InChI=1S/C11H11BrClN3O/c12-7-10-8-16(15-14-10)5-6-17-11-3-1-9(13)2-4-11/h1-4,8H,5-7H2. The molecule has 0 amide bonds. The summed E-state index contributed by atoms with van der Waals surface area (Å²) in [7, 11) is 0. The molecule has 0 aliphatic carbocycles. The van der Waals surface area contributed by atoms with Gasteiger partial charge in [-0.15, -0.1) is 5.10 Å². The third kappa shape index (κ3) is 3.71. The van der Waals surface area contributed by atoms with Crippen molar-refractivity contribution in [1.29, 1.82) is 0 Å². The SMILES string of the molecule is Clc1ccc(OCCn2cc(CBr)nn2)cc1. The highest BCUT2D eigenvalue weighted by atomic mass is 79.9. The maximum absolute atomic E-state index is 5.78. The fourth-order valence-corrected chi connectivity index (χ4v) is 1.68. The van der Waals surface area contributed by atoms with Crippen LogP contribution in [0.15, 0.2) is 30.5 Å². The van der Waals surface area contributed by atoms with E-state index in [4.69, 9.17) is 16.3 Å². The van der Waals surface area contributed by atoms with Crippen molar-refractivity contribution >= 4 is 27.5 Å². The topological polar surface area (TPSA) is 39.9 Å². The second kappa shape index (κ2) is 6.02. The summed E-state index contributed by atoms with van der Waals surface area (Å²) in [6, 6.07) is 7.28. The highest BCUT2D eigenvalue weighted by Crippen LogP contribution is 2.15. The molecule has 90 valence electrons. The minimum atomic E-state index is 0.548. The Morgan fingerprint density at radius 1 is 1.29 bits per heavy atom. The molecular formula is C11H11BrClN3O. The van der Waals surface area contributed by atoms with Gasteiger partial charge < -0.3 is 4.74 Å². The summed E-state index contributed by atoms with van der Waals surface area (Å²) in [5, 5.41) is 9.35. The number of rotatable bonds is 5. The first-order valence-electron chi connectivity index (χ1n) is 5.11. The zero-order valence-corrected chi connectivity index (χ0v) is 11.4. The van der Waals surface area contributed by atoms with E-state index in [9.17, 15) is 0 Å². The van der Waals surface area contributed by atoms with Crippen molar-refractivity contribution in [1.82, 2.24) is 15.0 Å². The predicted molar refractivity (Wildman–Crippen MR) is 69.6 cm³/mol. The van der Waals surface area contributed by atoms with Crippen molar-refractivity contribution in [2.75, 3.05) is 6.61 Å². The van der Waals surface area contributed by atoms with E-state index >= 15 is 0 Å². The van der Waals surface area contributed by atoms with Crippen LogP contribution < -0.4 is 4.74 Å². The molecule has 0 bridgehead atoms. The van der Waals surface area contributed by atoms with E-state index in [2.05, 4.69) is 26.2 Å². The van der Waals surface area contributed by atoms with Crippen molar-refractivity contribution in [2.24, 2.45) is 0 Å². The molecule has 2 aromatic rings. The van der Waals surface area contributed by atoms with Gasteiger partial charge in [0, 0.05) is 16.5 Å². The van der Waals surface area contributed by atoms with Crippen LogP contribution in [0.25, 0.3) is 0 Å². The van der Waals surface area contributed by atoms with Crippen molar-refractivity contribution < 1.29 is 4.74 Å². The first-order chi connectivity index (χ1) is 8.28. The molecule has 6 heteroatoms. The quantitative estimate of drug-likeness (QED) is 0.796. The lowest BCUT2D eigenvalue weighted by molar-refractivity contribution is 0.289. The molecule has 0 spiro atoms. The Hall–Kier alpha value is -1.07. The van der Waals surface area contributed by atoms with Crippen molar-refractivity contribution in [3.63, 3.8) is 0 Å². The highest BCUT2D eigenvalue weighted by molar-refractivity contribution is 9.08. The summed E-state index contributed by atoms with van der Waals surface area (Å²) >= 11 is 9.10. The summed E-state index contributed by atoms with van der Waals surface area (Å²) in [6.07, 6.45) is 1.89. The second-order valence-electron chi connectivity index (χ2n) is 3.41. The van der Waals surface area contributed by atoms with E-state index in [1.54, 1.807) is 16.8 Å². The van der Waals surface area contributed by atoms with Gasteiger partial charge in [0.05, 0.1) is 12.2 Å². The molecule has 4 nitrogen and oxygen atoms in total. The fourth-order valence-electron chi connectivity index (χ4n) is 1.30. The normalized spacial score (nSPS) is 10.5. The van der Waals surface area contributed by atoms with Gasteiger partial charge in [-0.1, -0.05) is 32.7 Å². The molecule has 0 saturated carbocycles. The van der Waals surface area contributed by atoms with E-state index in [0.29, 0.717) is 23.5 Å². The lowest BCUT2D eigenvalue weighted by Crippen LogP contribution is -2.08. The Morgan fingerprint density at radius 2 is 2.06 bits per heavy atom. The van der Waals surface area contributed by atoms with Gasteiger partial charge in [-0.25, -0.2) is 4.68 Å². The van der Waals surface area contributed by atoms with Crippen LogP contribution in [0.4, 0.5) is 0 Å². The van der Waals surface area contributed by atoms with Gasteiger partial charge in [0.15, 0.2) is 0 Å². The van der Waals surface area contributed by atoms with Crippen LogP contribution in [0.5, 0.6) is 5.75 Å². The van der Waals surface area contributed by atoms with E-state index in [-0.39, 0.29) is 0 Å². The minimum absolute atomic E-state index is 0.548. The Bertz CT molecular complexity index is 472. The Morgan fingerprint density at radius 3 is 2.71 bits per heavy atom. The van der Waals surface area contributed by atoms with Gasteiger partial charge >= 0.3 is 0 Å². The average molecular weight is 317 g/mol. The fraction of sp³-hybridized carbons (Fsp3) is 0.273. The lowest BCUT2D eigenvalue weighted by atomic mass is 10.3.